The fourth-order valence-electron chi connectivity index (χ4n) is 5.11. The van der Waals surface area contributed by atoms with Gasteiger partial charge >= 0.3 is 0 Å². The van der Waals surface area contributed by atoms with Gasteiger partial charge in [-0.2, -0.15) is 5.10 Å². The second kappa shape index (κ2) is 9.31. The first kappa shape index (κ1) is 21.1. The lowest BCUT2D eigenvalue weighted by atomic mass is 9.77. The number of rotatable bonds is 7. The molecule has 1 saturated carbocycles. The van der Waals surface area contributed by atoms with Gasteiger partial charge in [-0.1, -0.05) is 25.5 Å². The highest BCUT2D eigenvalue weighted by atomic mass is 16.3. The Labute approximate surface area is 179 Å². The van der Waals surface area contributed by atoms with Crippen LogP contribution in [0.5, 0.6) is 0 Å². The summed E-state index contributed by atoms with van der Waals surface area (Å²) in [5.74, 6) is 0.991. The number of likely N-dealkylation sites (tertiary alicyclic amines) is 1. The summed E-state index contributed by atoms with van der Waals surface area (Å²) in [7, 11) is 0. The molecule has 162 valence electrons. The summed E-state index contributed by atoms with van der Waals surface area (Å²) in [6, 6.07) is 8.60. The van der Waals surface area contributed by atoms with Crippen LogP contribution in [0, 0.1) is 11.8 Å². The zero-order valence-electron chi connectivity index (χ0n) is 18.1. The van der Waals surface area contributed by atoms with Crippen molar-refractivity contribution in [1.29, 1.82) is 0 Å². The molecule has 6 nitrogen and oxygen atoms in total. The molecule has 0 spiro atoms. The molecule has 1 saturated heterocycles. The largest absolute Gasteiger partial charge is 0.391 e. The average molecular weight is 411 g/mol. The first-order valence-electron chi connectivity index (χ1n) is 11.3. The maximum Gasteiger partial charge on any atom is 0.217 e. The molecule has 0 radical (unpaired) electrons. The van der Waals surface area contributed by atoms with Crippen LogP contribution in [0.4, 0.5) is 0 Å². The first-order valence-corrected chi connectivity index (χ1v) is 11.3. The SMILES string of the molecule is CCCCc1ccc(-n2cc(CN3C[C@H]4C[C@@H](NC(C)=O)[C@H](O)C[C@H]4C3)cn2)cc1. The van der Waals surface area contributed by atoms with Gasteiger partial charge in [-0.15, -0.1) is 0 Å². The van der Waals surface area contributed by atoms with Crippen LogP contribution >= 0.6 is 0 Å². The van der Waals surface area contributed by atoms with Crippen molar-refractivity contribution in [1.82, 2.24) is 20.0 Å². The van der Waals surface area contributed by atoms with Gasteiger partial charge in [0.25, 0.3) is 0 Å². The van der Waals surface area contributed by atoms with Gasteiger partial charge in [0.2, 0.25) is 5.91 Å². The summed E-state index contributed by atoms with van der Waals surface area (Å²) in [6.45, 7) is 6.65. The smallest absolute Gasteiger partial charge is 0.217 e. The summed E-state index contributed by atoms with van der Waals surface area (Å²) < 4.78 is 1.96. The first-order chi connectivity index (χ1) is 14.5. The van der Waals surface area contributed by atoms with Crippen LogP contribution in [-0.2, 0) is 17.8 Å². The minimum absolute atomic E-state index is 0.0573. The van der Waals surface area contributed by atoms with Crippen LogP contribution in [-0.4, -0.2) is 50.9 Å². The average Bonchev–Trinajstić information content (AvgIpc) is 3.33. The van der Waals surface area contributed by atoms with Gasteiger partial charge in [0.15, 0.2) is 0 Å². The molecule has 6 heteroatoms. The minimum atomic E-state index is -0.432. The zero-order valence-corrected chi connectivity index (χ0v) is 18.1. The molecule has 4 rings (SSSR count). The highest BCUT2D eigenvalue weighted by molar-refractivity contribution is 5.73. The van der Waals surface area contributed by atoms with Crippen molar-refractivity contribution < 1.29 is 9.90 Å². The van der Waals surface area contributed by atoms with E-state index in [1.807, 2.05) is 10.9 Å². The normalized spacial score (nSPS) is 26.5. The predicted molar refractivity (Wildman–Crippen MR) is 117 cm³/mol. The number of hydrogen-bond donors (Lipinski definition) is 2. The molecule has 2 aromatic rings. The molecule has 1 aromatic carbocycles. The number of aryl methyl sites for hydroxylation is 1. The van der Waals surface area contributed by atoms with Crippen molar-refractivity contribution in [3.63, 3.8) is 0 Å². The van der Waals surface area contributed by atoms with E-state index in [-0.39, 0.29) is 11.9 Å². The van der Waals surface area contributed by atoms with E-state index >= 15 is 0 Å². The van der Waals surface area contributed by atoms with Gasteiger partial charge in [0, 0.05) is 38.3 Å². The third kappa shape index (κ3) is 4.93. The summed E-state index contributed by atoms with van der Waals surface area (Å²) in [4.78, 5) is 13.9. The number of carbonyl (C=O) groups is 1. The molecule has 0 unspecified atom stereocenters. The van der Waals surface area contributed by atoms with Crippen LogP contribution in [0.1, 0.15) is 50.7 Å². The van der Waals surface area contributed by atoms with Crippen molar-refractivity contribution in [3.8, 4) is 5.69 Å². The zero-order chi connectivity index (χ0) is 21.1. The third-order valence-electron chi connectivity index (χ3n) is 6.67. The molecule has 1 amide bonds. The number of nitrogens with zero attached hydrogens (tertiary/aromatic N) is 3. The summed E-state index contributed by atoms with van der Waals surface area (Å²) in [5.41, 5.74) is 3.69. The van der Waals surface area contributed by atoms with Crippen LogP contribution in [0.2, 0.25) is 0 Å². The maximum atomic E-state index is 11.4. The molecule has 30 heavy (non-hydrogen) atoms. The molecule has 1 aromatic heterocycles. The molecule has 2 heterocycles. The van der Waals surface area contributed by atoms with E-state index in [0.717, 1.165) is 44.6 Å². The van der Waals surface area contributed by atoms with Crippen LogP contribution in [0.15, 0.2) is 36.7 Å². The van der Waals surface area contributed by atoms with E-state index in [4.69, 9.17) is 0 Å². The summed E-state index contributed by atoms with van der Waals surface area (Å²) >= 11 is 0. The van der Waals surface area contributed by atoms with Crippen molar-refractivity contribution in [2.45, 2.75) is 64.6 Å². The summed E-state index contributed by atoms with van der Waals surface area (Å²) in [5, 5.41) is 17.9. The van der Waals surface area contributed by atoms with Crippen LogP contribution < -0.4 is 5.32 Å². The van der Waals surface area contributed by atoms with Crippen LogP contribution in [0.25, 0.3) is 5.69 Å². The lowest BCUT2D eigenvalue weighted by Gasteiger charge is -2.35. The van der Waals surface area contributed by atoms with E-state index in [1.54, 1.807) is 0 Å². The van der Waals surface area contributed by atoms with Gasteiger partial charge < -0.3 is 10.4 Å². The third-order valence-corrected chi connectivity index (χ3v) is 6.67. The monoisotopic (exact) mass is 410 g/mol. The molecule has 1 aliphatic carbocycles. The quantitative estimate of drug-likeness (QED) is 0.736. The number of aromatic nitrogens is 2. The Hall–Kier alpha value is -2.18. The Balaban J connectivity index is 1.34. The van der Waals surface area contributed by atoms with Gasteiger partial charge in [0.1, 0.15) is 0 Å². The topological polar surface area (TPSA) is 70.4 Å². The molecule has 1 aliphatic heterocycles. The van der Waals surface area contributed by atoms with Crippen molar-refractivity contribution in [2.75, 3.05) is 13.1 Å². The Kier molecular flexibility index (Phi) is 6.54. The number of carbonyl (C=O) groups excluding carboxylic acids is 1. The molecular formula is C24H34N4O2. The summed E-state index contributed by atoms with van der Waals surface area (Å²) in [6.07, 6.45) is 8.87. The molecule has 2 N–H and O–H groups in total. The Morgan fingerprint density at radius 1 is 1.17 bits per heavy atom. The standard InChI is InChI=1S/C24H34N4O2/c1-3-4-5-18-6-8-22(9-7-18)28-14-19(12-25-28)13-27-15-20-10-23(26-17(2)29)24(30)11-21(20)16-27/h6-9,12,14,20-21,23-24,30H,3-5,10-11,13,15-16H2,1-2H3,(H,26,29)/t20-,21+,23-,24-/m1/s1. The Morgan fingerprint density at radius 3 is 2.60 bits per heavy atom. The van der Waals surface area contributed by atoms with E-state index < -0.39 is 6.10 Å². The van der Waals surface area contributed by atoms with E-state index in [0.29, 0.717) is 11.8 Å². The number of unbranched alkanes of at least 4 members (excludes halogenated alkanes) is 1. The number of hydrogen-bond acceptors (Lipinski definition) is 4. The highest BCUT2D eigenvalue weighted by Crippen LogP contribution is 2.37. The molecular weight excluding hydrogens is 376 g/mol. The van der Waals surface area contributed by atoms with E-state index in [2.05, 4.69) is 52.7 Å². The van der Waals surface area contributed by atoms with Crippen LogP contribution in [0.3, 0.4) is 0 Å². The molecule has 2 fully saturated rings. The molecule has 4 atom stereocenters. The number of amides is 1. The maximum absolute atomic E-state index is 11.4. The van der Waals surface area contributed by atoms with E-state index in [9.17, 15) is 9.90 Å². The van der Waals surface area contributed by atoms with Crippen molar-refractivity contribution >= 4 is 5.91 Å². The van der Waals surface area contributed by atoms with Gasteiger partial charge in [-0.25, -0.2) is 4.68 Å². The van der Waals surface area contributed by atoms with Crippen molar-refractivity contribution in [2.24, 2.45) is 11.8 Å². The lowest BCUT2D eigenvalue weighted by molar-refractivity contribution is -0.121. The predicted octanol–water partition coefficient (Wildman–Crippen LogP) is 2.92. The number of aliphatic hydroxyl groups is 1. The number of nitrogens with one attached hydrogen (secondary N) is 1. The fourth-order valence-corrected chi connectivity index (χ4v) is 5.11. The van der Waals surface area contributed by atoms with E-state index in [1.165, 1.54) is 30.9 Å². The number of benzene rings is 1. The fraction of sp³-hybridized carbons (Fsp3) is 0.583. The van der Waals surface area contributed by atoms with Gasteiger partial charge in [-0.3, -0.25) is 9.69 Å². The molecule has 0 bridgehead atoms. The second-order valence-electron chi connectivity index (χ2n) is 9.12. The Morgan fingerprint density at radius 2 is 1.90 bits per heavy atom. The minimum Gasteiger partial charge on any atom is -0.391 e. The molecule has 2 aliphatic rings. The second-order valence-corrected chi connectivity index (χ2v) is 9.12. The lowest BCUT2D eigenvalue weighted by Crippen LogP contribution is -2.48. The number of aliphatic hydroxyl groups excluding tert-OH is 1. The highest BCUT2D eigenvalue weighted by Gasteiger charge is 2.41. The number of fused-ring (bicyclic) bond motifs is 1. The van der Waals surface area contributed by atoms with Gasteiger partial charge in [0.05, 0.1) is 24.0 Å². The van der Waals surface area contributed by atoms with Gasteiger partial charge in [-0.05, 0) is 55.2 Å². The Bertz CT molecular complexity index is 847. The van der Waals surface area contributed by atoms with Crippen molar-refractivity contribution in [3.05, 3.63) is 47.8 Å².